The second kappa shape index (κ2) is 6.86. The van der Waals surface area contributed by atoms with Crippen LogP contribution in [0.15, 0.2) is 18.2 Å². The van der Waals surface area contributed by atoms with Gasteiger partial charge >= 0.3 is 0 Å². The summed E-state index contributed by atoms with van der Waals surface area (Å²) in [6, 6.07) is 6.04. The van der Waals surface area contributed by atoms with Crippen LogP contribution in [0, 0.1) is 0 Å². The normalized spacial score (nSPS) is 17.1. The highest BCUT2D eigenvalue weighted by atomic mass is 16.5. The van der Waals surface area contributed by atoms with Crippen molar-refractivity contribution in [1.82, 2.24) is 4.90 Å². The summed E-state index contributed by atoms with van der Waals surface area (Å²) in [4.78, 5) is 13.9. The molecule has 2 rings (SSSR count). The van der Waals surface area contributed by atoms with Crippen LogP contribution in [-0.4, -0.2) is 36.4 Å². The highest BCUT2D eigenvalue weighted by Gasteiger charge is 2.18. The predicted octanol–water partition coefficient (Wildman–Crippen LogP) is 2.21. The van der Waals surface area contributed by atoms with Gasteiger partial charge in [0.05, 0.1) is 6.61 Å². The maximum absolute atomic E-state index is 11.5. The van der Waals surface area contributed by atoms with Crippen LogP contribution in [0.25, 0.3) is 0 Å². The molecule has 0 amide bonds. The fourth-order valence-electron chi connectivity index (χ4n) is 2.57. The maximum Gasteiger partial charge on any atom is 0.159 e. The number of benzene rings is 1. The SMILES string of the molecule is CCOc1ccc(C(C)=O)cc1CN1CCC(N)CC1. The van der Waals surface area contributed by atoms with E-state index in [1.54, 1.807) is 6.92 Å². The molecule has 0 aromatic heterocycles. The number of nitrogens with zero attached hydrogens (tertiary/aromatic N) is 1. The highest BCUT2D eigenvalue weighted by molar-refractivity contribution is 5.94. The van der Waals surface area contributed by atoms with Crippen molar-refractivity contribution >= 4 is 5.78 Å². The van der Waals surface area contributed by atoms with Gasteiger partial charge in [-0.05, 0) is 58.0 Å². The zero-order chi connectivity index (χ0) is 14.5. The lowest BCUT2D eigenvalue weighted by molar-refractivity contribution is 0.101. The average molecular weight is 276 g/mol. The number of piperidine rings is 1. The van der Waals surface area contributed by atoms with Crippen LogP contribution in [0.5, 0.6) is 5.75 Å². The van der Waals surface area contributed by atoms with E-state index < -0.39 is 0 Å². The number of Topliss-reactive ketones (excluding diaryl/α,β-unsaturated/α-hetero) is 1. The lowest BCUT2D eigenvalue weighted by Gasteiger charge is -2.30. The first-order chi connectivity index (χ1) is 9.60. The topological polar surface area (TPSA) is 55.6 Å². The molecule has 0 unspecified atom stereocenters. The summed E-state index contributed by atoms with van der Waals surface area (Å²) in [5.74, 6) is 0.974. The summed E-state index contributed by atoms with van der Waals surface area (Å²) < 4.78 is 5.67. The van der Waals surface area contributed by atoms with Crippen LogP contribution in [0.3, 0.4) is 0 Å². The largest absolute Gasteiger partial charge is 0.494 e. The maximum atomic E-state index is 11.5. The van der Waals surface area contributed by atoms with Gasteiger partial charge in [-0.1, -0.05) is 0 Å². The number of ether oxygens (including phenoxy) is 1. The van der Waals surface area contributed by atoms with Crippen LogP contribution in [0.4, 0.5) is 0 Å². The molecule has 4 heteroatoms. The minimum absolute atomic E-state index is 0.0926. The zero-order valence-corrected chi connectivity index (χ0v) is 12.4. The molecule has 20 heavy (non-hydrogen) atoms. The molecule has 1 aromatic rings. The summed E-state index contributed by atoms with van der Waals surface area (Å²) in [6.07, 6.45) is 2.08. The number of carbonyl (C=O) groups is 1. The van der Waals surface area contributed by atoms with Crippen molar-refractivity contribution in [2.24, 2.45) is 5.73 Å². The third-order valence-corrected chi connectivity index (χ3v) is 3.79. The van der Waals surface area contributed by atoms with Crippen molar-refractivity contribution in [2.75, 3.05) is 19.7 Å². The molecule has 1 aliphatic heterocycles. The summed E-state index contributed by atoms with van der Waals surface area (Å²) in [5.41, 5.74) is 7.78. The zero-order valence-electron chi connectivity index (χ0n) is 12.4. The monoisotopic (exact) mass is 276 g/mol. The van der Waals surface area contributed by atoms with E-state index in [1.165, 1.54) is 0 Å². The summed E-state index contributed by atoms with van der Waals surface area (Å²) >= 11 is 0. The van der Waals surface area contributed by atoms with Gasteiger partial charge in [-0.15, -0.1) is 0 Å². The van der Waals surface area contributed by atoms with Gasteiger partial charge in [-0.2, -0.15) is 0 Å². The van der Waals surface area contributed by atoms with Crippen molar-refractivity contribution in [1.29, 1.82) is 0 Å². The Morgan fingerprint density at radius 2 is 2.10 bits per heavy atom. The number of hydrogen-bond acceptors (Lipinski definition) is 4. The molecule has 4 nitrogen and oxygen atoms in total. The van der Waals surface area contributed by atoms with E-state index in [0.29, 0.717) is 12.6 Å². The van der Waals surface area contributed by atoms with E-state index in [4.69, 9.17) is 10.5 Å². The smallest absolute Gasteiger partial charge is 0.159 e. The van der Waals surface area contributed by atoms with Crippen molar-refractivity contribution in [3.8, 4) is 5.75 Å². The van der Waals surface area contributed by atoms with Gasteiger partial charge < -0.3 is 10.5 Å². The molecule has 0 radical (unpaired) electrons. The molecule has 1 saturated heterocycles. The van der Waals surface area contributed by atoms with Gasteiger partial charge in [0.25, 0.3) is 0 Å². The lowest BCUT2D eigenvalue weighted by Crippen LogP contribution is -2.39. The number of likely N-dealkylation sites (tertiary alicyclic amines) is 1. The van der Waals surface area contributed by atoms with Crippen molar-refractivity contribution in [2.45, 2.75) is 39.3 Å². The molecular weight excluding hydrogens is 252 g/mol. The van der Waals surface area contributed by atoms with E-state index >= 15 is 0 Å². The molecule has 1 heterocycles. The third-order valence-electron chi connectivity index (χ3n) is 3.79. The third kappa shape index (κ3) is 3.81. The molecule has 2 N–H and O–H groups in total. The van der Waals surface area contributed by atoms with Crippen LogP contribution in [0.2, 0.25) is 0 Å². The molecule has 0 spiro atoms. The van der Waals surface area contributed by atoms with Gasteiger partial charge in [0.1, 0.15) is 5.75 Å². The van der Waals surface area contributed by atoms with Gasteiger partial charge in [0.15, 0.2) is 5.78 Å². The van der Waals surface area contributed by atoms with Crippen molar-refractivity contribution in [3.63, 3.8) is 0 Å². The highest BCUT2D eigenvalue weighted by Crippen LogP contribution is 2.23. The number of hydrogen-bond donors (Lipinski definition) is 1. The fourth-order valence-corrected chi connectivity index (χ4v) is 2.57. The molecule has 0 aliphatic carbocycles. The second-order valence-electron chi connectivity index (χ2n) is 5.43. The average Bonchev–Trinajstić information content (AvgIpc) is 2.43. The summed E-state index contributed by atoms with van der Waals surface area (Å²) in [6.45, 7) is 7.05. The Hall–Kier alpha value is -1.39. The summed E-state index contributed by atoms with van der Waals surface area (Å²) in [7, 11) is 0. The first-order valence-corrected chi connectivity index (χ1v) is 7.34. The Kier molecular flexibility index (Phi) is 5.15. The number of carbonyl (C=O) groups excluding carboxylic acids is 1. The van der Waals surface area contributed by atoms with Crippen LogP contribution < -0.4 is 10.5 Å². The van der Waals surface area contributed by atoms with E-state index in [9.17, 15) is 4.79 Å². The van der Waals surface area contributed by atoms with Crippen molar-refractivity contribution < 1.29 is 9.53 Å². The lowest BCUT2D eigenvalue weighted by atomic mass is 10.0. The first kappa shape index (κ1) is 15.0. The standard InChI is InChI=1S/C16H24N2O2/c1-3-20-16-5-4-13(12(2)19)10-14(16)11-18-8-6-15(17)7-9-18/h4-5,10,15H,3,6-9,11,17H2,1-2H3. The Morgan fingerprint density at radius 1 is 1.40 bits per heavy atom. The minimum Gasteiger partial charge on any atom is -0.494 e. The minimum atomic E-state index is 0.0926. The predicted molar refractivity (Wildman–Crippen MR) is 80.1 cm³/mol. The fraction of sp³-hybridized carbons (Fsp3) is 0.562. The van der Waals surface area contributed by atoms with E-state index in [2.05, 4.69) is 4.90 Å². The Morgan fingerprint density at radius 3 is 2.70 bits per heavy atom. The molecule has 1 aromatic carbocycles. The Bertz CT molecular complexity index is 466. The van der Waals surface area contributed by atoms with Crippen LogP contribution in [0.1, 0.15) is 42.6 Å². The molecule has 0 atom stereocenters. The van der Waals surface area contributed by atoms with Gasteiger partial charge in [-0.25, -0.2) is 0 Å². The summed E-state index contributed by atoms with van der Waals surface area (Å²) in [5, 5.41) is 0. The van der Waals surface area contributed by atoms with E-state index in [-0.39, 0.29) is 5.78 Å². The quantitative estimate of drug-likeness (QED) is 0.838. The van der Waals surface area contributed by atoms with E-state index in [0.717, 1.165) is 49.4 Å². The van der Waals surface area contributed by atoms with Gasteiger partial charge in [0.2, 0.25) is 0 Å². The number of nitrogens with two attached hydrogens (primary N) is 1. The first-order valence-electron chi connectivity index (χ1n) is 7.34. The van der Waals surface area contributed by atoms with Gasteiger partial charge in [-0.3, -0.25) is 9.69 Å². The number of ketones is 1. The molecule has 0 saturated carbocycles. The second-order valence-corrected chi connectivity index (χ2v) is 5.43. The van der Waals surface area contributed by atoms with Crippen molar-refractivity contribution in [3.05, 3.63) is 29.3 Å². The van der Waals surface area contributed by atoms with Crippen LogP contribution in [-0.2, 0) is 6.54 Å². The Balaban J connectivity index is 2.14. The molecule has 1 aliphatic rings. The molecule has 110 valence electrons. The van der Waals surface area contributed by atoms with Gasteiger partial charge in [0, 0.05) is 23.7 Å². The molecular formula is C16H24N2O2. The Labute approximate surface area is 120 Å². The molecule has 0 bridgehead atoms. The molecule has 1 fully saturated rings. The number of rotatable bonds is 5. The van der Waals surface area contributed by atoms with Crippen LogP contribution >= 0.6 is 0 Å². The van der Waals surface area contributed by atoms with E-state index in [1.807, 2.05) is 25.1 Å².